The van der Waals surface area contributed by atoms with E-state index in [0.717, 1.165) is 29.3 Å². The number of carbonyl (C=O) groups is 1. The molecule has 0 radical (unpaired) electrons. The molecule has 0 aliphatic carbocycles. The summed E-state index contributed by atoms with van der Waals surface area (Å²) in [5.41, 5.74) is 2.49. The van der Waals surface area contributed by atoms with Gasteiger partial charge in [0.05, 0.1) is 31.1 Å². The number of aliphatic hydroxyl groups is 1. The molecular formula is C20H22N4O3S. The van der Waals surface area contributed by atoms with Gasteiger partial charge in [0, 0.05) is 43.3 Å². The minimum absolute atomic E-state index is 0.0235. The number of likely N-dealkylation sites (tertiary alicyclic amines) is 1. The molecule has 2 saturated heterocycles. The number of fused-ring (bicyclic) bond motifs is 1. The van der Waals surface area contributed by atoms with Crippen LogP contribution in [0.4, 0.5) is 0 Å². The lowest BCUT2D eigenvalue weighted by atomic mass is 10.1. The van der Waals surface area contributed by atoms with Gasteiger partial charge in [0.15, 0.2) is 4.96 Å². The Morgan fingerprint density at radius 2 is 1.96 bits per heavy atom. The third-order valence-electron chi connectivity index (χ3n) is 5.56. The highest BCUT2D eigenvalue weighted by Crippen LogP contribution is 2.26. The number of carbonyl (C=O) groups excluding carboxylic acids is 1. The van der Waals surface area contributed by atoms with Crippen LogP contribution in [0, 0.1) is 0 Å². The first-order valence-electron chi connectivity index (χ1n) is 9.52. The normalized spacial score (nSPS) is 23.5. The van der Waals surface area contributed by atoms with Crippen molar-refractivity contribution in [2.75, 3.05) is 39.4 Å². The number of rotatable bonds is 3. The average molecular weight is 398 g/mol. The van der Waals surface area contributed by atoms with E-state index in [1.165, 1.54) is 11.3 Å². The topological polar surface area (TPSA) is 70.3 Å². The zero-order chi connectivity index (χ0) is 19.1. The van der Waals surface area contributed by atoms with Crippen molar-refractivity contribution in [2.45, 2.75) is 12.1 Å². The number of morpholine rings is 1. The minimum atomic E-state index is -0.529. The summed E-state index contributed by atoms with van der Waals surface area (Å²) >= 11 is 1.46. The fraction of sp³-hybridized carbons (Fsp3) is 0.400. The molecule has 1 N–H and O–H groups in total. The molecule has 28 heavy (non-hydrogen) atoms. The quantitative estimate of drug-likeness (QED) is 0.725. The van der Waals surface area contributed by atoms with Crippen LogP contribution in [0.2, 0.25) is 0 Å². The number of β-amino-alcohol motifs (C(OH)–C–C–N with tert-alkyl or cyclic N) is 1. The van der Waals surface area contributed by atoms with Gasteiger partial charge in [-0.3, -0.25) is 14.1 Å². The lowest BCUT2D eigenvalue weighted by Crippen LogP contribution is -2.49. The van der Waals surface area contributed by atoms with Gasteiger partial charge in [-0.2, -0.15) is 0 Å². The second-order valence-corrected chi connectivity index (χ2v) is 8.10. The summed E-state index contributed by atoms with van der Waals surface area (Å²) in [7, 11) is 0. The maximum atomic E-state index is 13.2. The van der Waals surface area contributed by atoms with Crippen LogP contribution in [0.25, 0.3) is 16.2 Å². The smallest absolute Gasteiger partial charge is 0.271 e. The summed E-state index contributed by atoms with van der Waals surface area (Å²) < 4.78 is 7.27. The van der Waals surface area contributed by atoms with Crippen LogP contribution in [0.1, 0.15) is 10.5 Å². The van der Waals surface area contributed by atoms with Crippen molar-refractivity contribution < 1.29 is 14.6 Å². The summed E-state index contributed by atoms with van der Waals surface area (Å²) in [6, 6.07) is 9.93. The number of hydrogen-bond donors (Lipinski definition) is 1. The Morgan fingerprint density at radius 1 is 1.18 bits per heavy atom. The molecular weight excluding hydrogens is 376 g/mol. The van der Waals surface area contributed by atoms with Crippen LogP contribution < -0.4 is 0 Å². The predicted octanol–water partition coefficient (Wildman–Crippen LogP) is 1.58. The number of ether oxygens (including phenoxy) is 1. The first kappa shape index (κ1) is 17.8. The van der Waals surface area contributed by atoms with E-state index in [4.69, 9.17) is 4.74 Å². The molecule has 0 bridgehead atoms. The number of benzene rings is 1. The molecule has 146 valence electrons. The SMILES string of the molecule is O=C(c1csc2nc(-c3ccccc3)cn12)N1C[C@H](O)[C@@H](N2CCOCC2)C1. The molecule has 1 aromatic carbocycles. The molecule has 0 saturated carbocycles. The molecule has 2 aliphatic rings. The maximum Gasteiger partial charge on any atom is 0.271 e. The Hall–Kier alpha value is -2.26. The third-order valence-corrected chi connectivity index (χ3v) is 6.40. The molecule has 2 aromatic heterocycles. The van der Waals surface area contributed by atoms with Crippen molar-refractivity contribution in [3.8, 4) is 11.3 Å². The van der Waals surface area contributed by atoms with Gasteiger partial charge < -0.3 is 14.7 Å². The molecule has 2 fully saturated rings. The second-order valence-electron chi connectivity index (χ2n) is 7.26. The fourth-order valence-corrected chi connectivity index (χ4v) is 4.90. The molecule has 8 heteroatoms. The zero-order valence-electron chi connectivity index (χ0n) is 15.4. The highest BCUT2D eigenvalue weighted by atomic mass is 32.1. The van der Waals surface area contributed by atoms with Crippen molar-refractivity contribution in [1.29, 1.82) is 0 Å². The van der Waals surface area contributed by atoms with Crippen molar-refractivity contribution in [1.82, 2.24) is 19.2 Å². The van der Waals surface area contributed by atoms with E-state index in [-0.39, 0.29) is 11.9 Å². The maximum absolute atomic E-state index is 13.2. The number of nitrogens with zero attached hydrogens (tertiary/aromatic N) is 4. The average Bonchev–Trinajstić information content (AvgIpc) is 3.43. The molecule has 1 amide bonds. The van der Waals surface area contributed by atoms with Crippen LogP contribution in [-0.2, 0) is 4.74 Å². The molecule has 5 rings (SSSR count). The molecule has 2 atom stereocenters. The predicted molar refractivity (Wildman–Crippen MR) is 107 cm³/mol. The number of hydrogen-bond acceptors (Lipinski definition) is 6. The zero-order valence-corrected chi connectivity index (χ0v) is 16.2. The van der Waals surface area contributed by atoms with Gasteiger partial charge in [-0.25, -0.2) is 4.98 Å². The second kappa shape index (κ2) is 7.29. The van der Waals surface area contributed by atoms with Gasteiger partial charge in [0.25, 0.3) is 5.91 Å². The van der Waals surface area contributed by atoms with Crippen LogP contribution in [0.3, 0.4) is 0 Å². The third kappa shape index (κ3) is 3.12. The van der Waals surface area contributed by atoms with E-state index < -0.39 is 6.10 Å². The van der Waals surface area contributed by atoms with E-state index in [1.807, 2.05) is 46.3 Å². The standard InChI is InChI=1S/C20H22N4O3S/c25-18-12-23(11-16(18)22-6-8-27-9-7-22)19(26)17-13-28-20-21-15(10-24(17)20)14-4-2-1-3-5-14/h1-5,10,13,16,18,25H,6-9,11-12H2/t16-,18-/m0/s1. The monoisotopic (exact) mass is 398 g/mol. The molecule has 0 unspecified atom stereocenters. The van der Waals surface area contributed by atoms with Gasteiger partial charge in [-0.05, 0) is 0 Å². The highest BCUT2D eigenvalue weighted by Gasteiger charge is 2.39. The van der Waals surface area contributed by atoms with E-state index >= 15 is 0 Å². The van der Waals surface area contributed by atoms with E-state index in [9.17, 15) is 9.90 Å². The minimum Gasteiger partial charge on any atom is -0.390 e. The number of amides is 1. The van der Waals surface area contributed by atoms with Gasteiger partial charge in [0.1, 0.15) is 5.69 Å². The number of aromatic nitrogens is 2. The van der Waals surface area contributed by atoms with Gasteiger partial charge in [-0.15, -0.1) is 11.3 Å². The first-order valence-corrected chi connectivity index (χ1v) is 10.4. The Morgan fingerprint density at radius 3 is 2.75 bits per heavy atom. The Bertz CT molecular complexity index is 980. The number of aliphatic hydroxyl groups excluding tert-OH is 1. The van der Waals surface area contributed by atoms with Crippen molar-refractivity contribution >= 4 is 22.2 Å². The first-order chi connectivity index (χ1) is 13.7. The van der Waals surface area contributed by atoms with Crippen molar-refractivity contribution in [2.24, 2.45) is 0 Å². The largest absolute Gasteiger partial charge is 0.390 e. The Labute approximate surface area is 166 Å². The number of imidazole rings is 1. The summed E-state index contributed by atoms with van der Waals surface area (Å²) in [5, 5.41) is 12.4. The van der Waals surface area contributed by atoms with Crippen LogP contribution in [0.15, 0.2) is 41.9 Å². The summed E-state index contributed by atoms with van der Waals surface area (Å²) in [5.74, 6) is -0.0573. The van der Waals surface area contributed by atoms with Gasteiger partial charge >= 0.3 is 0 Å². The summed E-state index contributed by atoms with van der Waals surface area (Å²) in [6.45, 7) is 3.86. The van der Waals surface area contributed by atoms with E-state index in [0.29, 0.717) is 32.0 Å². The van der Waals surface area contributed by atoms with E-state index in [1.54, 1.807) is 4.90 Å². The Balaban J connectivity index is 1.38. The Kier molecular flexibility index (Phi) is 4.64. The molecule has 3 aromatic rings. The highest BCUT2D eigenvalue weighted by molar-refractivity contribution is 7.15. The van der Waals surface area contributed by atoms with Crippen LogP contribution >= 0.6 is 11.3 Å². The number of thiazole rings is 1. The van der Waals surface area contributed by atoms with Crippen molar-refractivity contribution in [3.63, 3.8) is 0 Å². The molecule has 0 spiro atoms. The molecule has 2 aliphatic heterocycles. The van der Waals surface area contributed by atoms with Crippen LogP contribution in [0.5, 0.6) is 0 Å². The van der Waals surface area contributed by atoms with E-state index in [2.05, 4.69) is 9.88 Å². The fourth-order valence-electron chi connectivity index (χ4n) is 4.05. The lowest BCUT2D eigenvalue weighted by Gasteiger charge is -2.33. The van der Waals surface area contributed by atoms with Crippen molar-refractivity contribution in [3.05, 3.63) is 47.6 Å². The summed E-state index contributed by atoms with van der Waals surface area (Å²) in [4.78, 5) is 22.6. The molecule has 7 nitrogen and oxygen atoms in total. The summed E-state index contributed by atoms with van der Waals surface area (Å²) in [6.07, 6.45) is 1.39. The van der Waals surface area contributed by atoms with Gasteiger partial charge in [0.2, 0.25) is 0 Å². The molecule has 4 heterocycles. The lowest BCUT2D eigenvalue weighted by molar-refractivity contribution is -0.00611. The van der Waals surface area contributed by atoms with Gasteiger partial charge in [-0.1, -0.05) is 30.3 Å². The van der Waals surface area contributed by atoms with Crippen LogP contribution in [-0.4, -0.2) is 81.7 Å².